The Morgan fingerprint density at radius 3 is 2.33 bits per heavy atom. The molecule has 0 bridgehead atoms. The molecule has 0 amide bonds. The maximum absolute atomic E-state index is 11.9. The lowest BCUT2D eigenvalue weighted by molar-refractivity contribution is 0.331. The third-order valence-corrected chi connectivity index (χ3v) is 5.33. The van der Waals surface area contributed by atoms with Crippen molar-refractivity contribution in [3.8, 4) is 5.75 Å². The van der Waals surface area contributed by atoms with Crippen molar-refractivity contribution in [2.24, 2.45) is 5.92 Å². The van der Waals surface area contributed by atoms with Crippen LogP contribution in [0.5, 0.6) is 5.75 Å². The Labute approximate surface area is 129 Å². The summed E-state index contributed by atoms with van der Waals surface area (Å²) in [7, 11) is -2.25. The Morgan fingerprint density at radius 1 is 1.24 bits per heavy atom. The first-order valence-electron chi connectivity index (χ1n) is 6.27. The van der Waals surface area contributed by atoms with Gasteiger partial charge in [-0.3, -0.25) is 4.72 Å². The molecular formula is C12H18ClNO5S2. The Bertz CT molecular complexity index is 698. The van der Waals surface area contributed by atoms with Crippen molar-refractivity contribution in [2.75, 3.05) is 17.1 Å². The molecule has 0 aliphatic carbocycles. The van der Waals surface area contributed by atoms with Crippen LogP contribution in [0, 0.1) is 5.92 Å². The molecule has 0 aromatic heterocycles. The normalized spacial score (nSPS) is 12.4. The van der Waals surface area contributed by atoms with Gasteiger partial charge in [0, 0.05) is 10.7 Å². The fourth-order valence-corrected chi connectivity index (χ4v) is 4.14. The number of halogens is 1. The summed E-state index contributed by atoms with van der Waals surface area (Å²) in [5, 5.41) is 0. The van der Waals surface area contributed by atoms with E-state index in [1.807, 2.05) is 0 Å². The second kappa shape index (κ2) is 6.85. The molecule has 0 spiro atoms. The van der Waals surface area contributed by atoms with Crippen LogP contribution in [0.1, 0.15) is 20.8 Å². The van der Waals surface area contributed by atoms with Gasteiger partial charge in [-0.25, -0.2) is 16.8 Å². The molecule has 1 aromatic carbocycles. The number of anilines is 1. The van der Waals surface area contributed by atoms with E-state index in [0.717, 1.165) is 6.07 Å². The van der Waals surface area contributed by atoms with Crippen molar-refractivity contribution in [1.29, 1.82) is 0 Å². The third kappa shape index (κ3) is 5.72. The fraction of sp³-hybridized carbons (Fsp3) is 0.500. The van der Waals surface area contributed by atoms with Crippen molar-refractivity contribution in [2.45, 2.75) is 25.7 Å². The largest absolute Gasteiger partial charge is 0.492 e. The second-order valence-electron chi connectivity index (χ2n) is 4.81. The number of benzene rings is 1. The van der Waals surface area contributed by atoms with Crippen LogP contribution in [0.15, 0.2) is 23.1 Å². The zero-order valence-electron chi connectivity index (χ0n) is 12.0. The van der Waals surface area contributed by atoms with Gasteiger partial charge in [0.05, 0.1) is 18.0 Å². The summed E-state index contributed by atoms with van der Waals surface area (Å²) < 4.78 is 54.3. The molecule has 0 radical (unpaired) electrons. The van der Waals surface area contributed by atoms with E-state index in [1.165, 1.54) is 12.1 Å². The SMILES string of the molecule is CCOc1ccc(NS(=O)(=O)CC(C)C)cc1S(=O)(=O)Cl. The van der Waals surface area contributed by atoms with Gasteiger partial charge in [0.15, 0.2) is 0 Å². The van der Waals surface area contributed by atoms with Gasteiger partial charge < -0.3 is 4.74 Å². The molecule has 9 heteroatoms. The lowest BCUT2D eigenvalue weighted by atomic mass is 10.3. The smallest absolute Gasteiger partial charge is 0.265 e. The van der Waals surface area contributed by atoms with Crippen molar-refractivity contribution >= 4 is 35.4 Å². The Morgan fingerprint density at radius 2 is 1.86 bits per heavy atom. The summed E-state index contributed by atoms with van der Waals surface area (Å²) in [6, 6.07) is 3.94. The Hall–Kier alpha value is -0.990. The molecule has 0 fully saturated rings. The first-order chi connectivity index (χ1) is 9.55. The standard InChI is InChI=1S/C12H18ClNO5S2/c1-4-19-11-6-5-10(7-12(11)21(13,17)18)14-20(15,16)8-9(2)3/h5-7,9,14H,4,8H2,1-3H3. The van der Waals surface area contributed by atoms with Crippen LogP contribution < -0.4 is 9.46 Å². The number of nitrogens with one attached hydrogen (secondary N) is 1. The first kappa shape index (κ1) is 18.1. The highest BCUT2D eigenvalue weighted by Gasteiger charge is 2.20. The summed E-state index contributed by atoms with van der Waals surface area (Å²) >= 11 is 0. The zero-order valence-corrected chi connectivity index (χ0v) is 14.3. The van der Waals surface area contributed by atoms with E-state index in [1.54, 1.807) is 20.8 Å². The molecule has 0 aliphatic rings. The molecule has 21 heavy (non-hydrogen) atoms. The van der Waals surface area contributed by atoms with Gasteiger partial charge in [-0.05, 0) is 31.0 Å². The average Bonchev–Trinajstić information content (AvgIpc) is 2.27. The molecule has 1 aromatic rings. The van der Waals surface area contributed by atoms with Gasteiger partial charge in [0.25, 0.3) is 9.05 Å². The second-order valence-corrected chi connectivity index (χ2v) is 9.11. The monoisotopic (exact) mass is 355 g/mol. The maximum Gasteiger partial charge on any atom is 0.265 e. The third-order valence-electron chi connectivity index (χ3n) is 2.33. The van der Waals surface area contributed by atoms with Crippen molar-refractivity contribution < 1.29 is 21.6 Å². The minimum absolute atomic E-state index is 0.0542. The lowest BCUT2D eigenvalue weighted by Gasteiger charge is -2.13. The van der Waals surface area contributed by atoms with Crippen molar-refractivity contribution in [1.82, 2.24) is 0 Å². The van der Waals surface area contributed by atoms with Crippen LogP contribution in [-0.2, 0) is 19.1 Å². The minimum Gasteiger partial charge on any atom is -0.492 e. The topological polar surface area (TPSA) is 89.5 Å². The summed E-state index contributed by atoms with van der Waals surface area (Å²) in [5.41, 5.74) is 0.123. The number of hydrogen-bond acceptors (Lipinski definition) is 5. The van der Waals surface area contributed by atoms with Crippen molar-refractivity contribution in [3.05, 3.63) is 18.2 Å². The molecular weight excluding hydrogens is 338 g/mol. The summed E-state index contributed by atoms with van der Waals surface area (Å²) in [6.07, 6.45) is 0. The van der Waals surface area contributed by atoms with E-state index < -0.39 is 19.1 Å². The lowest BCUT2D eigenvalue weighted by Crippen LogP contribution is -2.20. The van der Waals surface area contributed by atoms with E-state index in [9.17, 15) is 16.8 Å². The van der Waals surface area contributed by atoms with E-state index >= 15 is 0 Å². The van der Waals surface area contributed by atoms with Crippen LogP contribution in [0.2, 0.25) is 0 Å². The first-order valence-corrected chi connectivity index (χ1v) is 10.2. The highest BCUT2D eigenvalue weighted by molar-refractivity contribution is 8.13. The summed E-state index contributed by atoms with van der Waals surface area (Å²) in [4.78, 5) is -0.268. The molecule has 6 nitrogen and oxygen atoms in total. The minimum atomic E-state index is -4.04. The highest BCUT2D eigenvalue weighted by atomic mass is 35.7. The predicted molar refractivity (Wildman–Crippen MR) is 82.9 cm³/mol. The molecule has 0 unspecified atom stereocenters. The summed E-state index contributed by atoms with van der Waals surface area (Å²) in [6.45, 7) is 5.50. The molecule has 0 saturated carbocycles. The van der Waals surface area contributed by atoms with E-state index in [0.29, 0.717) is 0 Å². The van der Waals surface area contributed by atoms with Gasteiger partial charge in [-0.1, -0.05) is 13.8 Å². The zero-order chi connectivity index (χ0) is 16.3. The van der Waals surface area contributed by atoms with Gasteiger partial charge >= 0.3 is 0 Å². The van der Waals surface area contributed by atoms with Crippen molar-refractivity contribution in [3.63, 3.8) is 0 Å². The molecule has 0 saturated heterocycles. The fourth-order valence-electron chi connectivity index (χ4n) is 1.70. The quantitative estimate of drug-likeness (QED) is 0.758. The Kier molecular flexibility index (Phi) is 5.89. The van der Waals surface area contributed by atoms with E-state index in [4.69, 9.17) is 15.4 Å². The number of ether oxygens (including phenoxy) is 1. The van der Waals surface area contributed by atoms with Crippen LogP contribution in [-0.4, -0.2) is 29.2 Å². The van der Waals surface area contributed by atoms with Crippen LogP contribution in [0.3, 0.4) is 0 Å². The summed E-state index contributed by atoms with van der Waals surface area (Å²) in [5.74, 6) is -0.0378. The number of rotatable bonds is 7. The molecule has 120 valence electrons. The molecule has 0 aliphatic heterocycles. The van der Waals surface area contributed by atoms with E-state index in [2.05, 4.69) is 4.72 Å². The molecule has 1 rings (SSSR count). The van der Waals surface area contributed by atoms with Gasteiger partial charge in [-0.2, -0.15) is 0 Å². The average molecular weight is 356 g/mol. The predicted octanol–water partition coefficient (Wildman–Crippen LogP) is 2.41. The molecule has 0 heterocycles. The number of sulfonamides is 1. The molecule has 1 N–H and O–H groups in total. The van der Waals surface area contributed by atoms with E-state index in [-0.39, 0.29) is 34.6 Å². The van der Waals surface area contributed by atoms with Crippen LogP contribution in [0.4, 0.5) is 5.69 Å². The Balaban J connectivity index is 3.18. The van der Waals surface area contributed by atoms with Crippen LogP contribution in [0.25, 0.3) is 0 Å². The van der Waals surface area contributed by atoms with Gasteiger partial charge in [0.1, 0.15) is 10.6 Å². The highest BCUT2D eigenvalue weighted by Crippen LogP contribution is 2.30. The van der Waals surface area contributed by atoms with Gasteiger partial charge in [-0.15, -0.1) is 0 Å². The maximum atomic E-state index is 11.9. The molecule has 0 atom stereocenters. The number of hydrogen-bond donors (Lipinski definition) is 1. The van der Waals surface area contributed by atoms with Crippen LogP contribution >= 0.6 is 10.7 Å². The van der Waals surface area contributed by atoms with Gasteiger partial charge in [0.2, 0.25) is 10.0 Å².